The topological polar surface area (TPSA) is 174 Å². The highest BCUT2D eigenvalue weighted by Gasteiger charge is 2.22. The average Bonchev–Trinajstić information content (AvgIpc) is 3.63. The molecular weight excluding hydrogens is 604 g/mol. The summed E-state index contributed by atoms with van der Waals surface area (Å²) in [7, 11) is -3.49. The van der Waals surface area contributed by atoms with E-state index in [-0.39, 0.29) is 34.7 Å². The van der Waals surface area contributed by atoms with E-state index in [1.54, 1.807) is 24.4 Å². The fourth-order valence-corrected chi connectivity index (χ4v) is 5.45. The quantitative estimate of drug-likeness (QED) is 0.125. The van der Waals surface area contributed by atoms with E-state index < -0.39 is 27.9 Å². The molecule has 5 N–H and O–H groups in total. The number of fused-ring (bicyclic) bond motifs is 2. The van der Waals surface area contributed by atoms with Crippen LogP contribution in [0.3, 0.4) is 0 Å². The standard InChI is InChI=1S/C30H29F2N9O3S/c1-3-4-5-23(42)37-20-11-18(13-33-14-20)21-15-35-29-24(25(21)32)28(40-41-29)30-38-22-6-7-34-26(27(22)39-30)17-8-16(9-19(31)10-17)12-36-45(2,43)44/h6-11,13-15,23,36-37,42H,3-5,12H2,1-2H3,(H,38,39)(H,35,40,41). The number of rotatable bonds is 11. The summed E-state index contributed by atoms with van der Waals surface area (Å²) in [5.41, 5.74) is 3.60. The van der Waals surface area contributed by atoms with E-state index in [1.807, 2.05) is 6.92 Å². The van der Waals surface area contributed by atoms with Crippen LogP contribution in [-0.4, -0.2) is 61.1 Å². The Labute approximate surface area is 256 Å². The van der Waals surface area contributed by atoms with Crippen molar-refractivity contribution in [1.29, 1.82) is 0 Å². The van der Waals surface area contributed by atoms with E-state index in [0.717, 1.165) is 19.1 Å². The number of aromatic nitrogens is 7. The Kier molecular flexibility index (Phi) is 8.22. The summed E-state index contributed by atoms with van der Waals surface area (Å²) >= 11 is 0. The molecule has 5 heterocycles. The van der Waals surface area contributed by atoms with Gasteiger partial charge < -0.3 is 15.4 Å². The molecule has 0 saturated carbocycles. The van der Waals surface area contributed by atoms with E-state index in [4.69, 9.17) is 0 Å². The lowest BCUT2D eigenvalue weighted by Crippen LogP contribution is -2.21. The molecule has 1 unspecified atom stereocenters. The maximum atomic E-state index is 16.2. The van der Waals surface area contributed by atoms with Crippen molar-refractivity contribution in [2.75, 3.05) is 11.6 Å². The summed E-state index contributed by atoms with van der Waals surface area (Å²) < 4.78 is 56.2. The number of pyridine rings is 3. The minimum absolute atomic E-state index is 0.0994. The van der Waals surface area contributed by atoms with Gasteiger partial charge in [-0.05, 0) is 48.7 Å². The zero-order chi connectivity index (χ0) is 31.7. The Morgan fingerprint density at radius 2 is 1.91 bits per heavy atom. The number of sulfonamides is 1. The van der Waals surface area contributed by atoms with Gasteiger partial charge >= 0.3 is 0 Å². The number of nitrogens with one attached hydrogen (secondary N) is 4. The van der Waals surface area contributed by atoms with Crippen LogP contribution >= 0.6 is 0 Å². The lowest BCUT2D eigenvalue weighted by molar-refractivity contribution is 0.190. The van der Waals surface area contributed by atoms with E-state index >= 15 is 4.39 Å². The van der Waals surface area contributed by atoms with Crippen molar-refractivity contribution >= 4 is 37.8 Å². The molecule has 0 aliphatic carbocycles. The van der Waals surface area contributed by atoms with Gasteiger partial charge in [0, 0.05) is 41.8 Å². The Morgan fingerprint density at radius 1 is 1.07 bits per heavy atom. The van der Waals surface area contributed by atoms with Crippen LogP contribution in [0.25, 0.3) is 56.0 Å². The number of halogens is 2. The van der Waals surface area contributed by atoms with Gasteiger partial charge in [0.15, 0.2) is 11.5 Å². The van der Waals surface area contributed by atoms with Crippen molar-refractivity contribution in [3.05, 3.63) is 72.3 Å². The number of benzene rings is 1. The van der Waals surface area contributed by atoms with Gasteiger partial charge in [0.25, 0.3) is 0 Å². The summed E-state index contributed by atoms with van der Waals surface area (Å²) in [6, 6.07) is 7.50. The number of anilines is 1. The minimum atomic E-state index is -3.49. The molecule has 15 heteroatoms. The molecule has 1 aromatic carbocycles. The highest BCUT2D eigenvalue weighted by Crippen LogP contribution is 2.34. The third-order valence-electron chi connectivity index (χ3n) is 7.14. The van der Waals surface area contributed by atoms with Gasteiger partial charge in [-0.1, -0.05) is 13.3 Å². The van der Waals surface area contributed by atoms with Crippen molar-refractivity contribution in [3.8, 4) is 33.9 Å². The van der Waals surface area contributed by atoms with E-state index in [9.17, 15) is 17.9 Å². The molecule has 0 saturated heterocycles. The van der Waals surface area contributed by atoms with Crippen molar-refractivity contribution in [2.45, 2.75) is 39.0 Å². The van der Waals surface area contributed by atoms with Gasteiger partial charge in [-0.25, -0.2) is 31.9 Å². The molecule has 12 nitrogen and oxygen atoms in total. The molecule has 232 valence electrons. The third kappa shape index (κ3) is 6.50. The Hall–Kier alpha value is -4.86. The van der Waals surface area contributed by atoms with Gasteiger partial charge in [0.2, 0.25) is 10.0 Å². The number of imidazole rings is 1. The average molecular weight is 634 g/mol. The SMILES string of the molecule is CCCCC(O)Nc1cncc(-c2cnc3n[nH]c(-c4nc5c(-c6cc(F)cc(CNS(C)(=O)=O)c6)nccc5[nH]4)c3c2F)c1. The molecule has 6 aromatic rings. The lowest BCUT2D eigenvalue weighted by Gasteiger charge is -2.14. The number of unbranched alkanes of at least 4 members (excludes halogenated alkanes) is 1. The zero-order valence-electron chi connectivity index (χ0n) is 24.3. The van der Waals surface area contributed by atoms with Crippen LogP contribution in [0.1, 0.15) is 31.7 Å². The molecule has 0 fully saturated rings. The molecule has 45 heavy (non-hydrogen) atoms. The fourth-order valence-electron chi connectivity index (χ4n) is 5.02. The number of aliphatic hydroxyl groups is 1. The predicted molar refractivity (Wildman–Crippen MR) is 166 cm³/mol. The molecule has 0 radical (unpaired) electrons. The number of nitrogens with zero attached hydrogens (tertiary/aromatic N) is 5. The third-order valence-corrected chi connectivity index (χ3v) is 7.81. The highest BCUT2D eigenvalue weighted by molar-refractivity contribution is 7.88. The number of hydrogen-bond acceptors (Lipinski definition) is 9. The molecule has 0 spiro atoms. The second kappa shape index (κ2) is 12.3. The number of aromatic amines is 2. The first-order valence-corrected chi connectivity index (χ1v) is 16.0. The monoisotopic (exact) mass is 633 g/mol. The minimum Gasteiger partial charge on any atom is -0.374 e. The van der Waals surface area contributed by atoms with Crippen molar-refractivity contribution in [3.63, 3.8) is 0 Å². The molecular formula is C30H29F2N9O3S. The molecule has 1 atom stereocenters. The van der Waals surface area contributed by atoms with Gasteiger partial charge in [0.05, 0.1) is 34.7 Å². The normalized spacial score (nSPS) is 12.6. The van der Waals surface area contributed by atoms with Crippen molar-refractivity contribution < 1.29 is 22.3 Å². The fraction of sp³-hybridized carbons (Fsp3) is 0.233. The predicted octanol–water partition coefficient (Wildman–Crippen LogP) is 4.87. The number of hydrogen-bond donors (Lipinski definition) is 5. The van der Waals surface area contributed by atoms with Crippen LogP contribution in [0.5, 0.6) is 0 Å². The first-order valence-electron chi connectivity index (χ1n) is 14.1. The summed E-state index contributed by atoms with van der Waals surface area (Å²) in [4.78, 5) is 20.8. The van der Waals surface area contributed by atoms with E-state index in [2.05, 4.69) is 45.2 Å². The second-order valence-electron chi connectivity index (χ2n) is 10.6. The number of aliphatic hydroxyl groups excluding tert-OH is 1. The molecule has 0 aliphatic rings. The van der Waals surface area contributed by atoms with Crippen LogP contribution in [0.2, 0.25) is 0 Å². The van der Waals surface area contributed by atoms with Gasteiger partial charge in [-0.3, -0.25) is 15.1 Å². The van der Waals surface area contributed by atoms with Crippen molar-refractivity contribution in [1.82, 2.24) is 39.8 Å². The zero-order valence-corrected chi connectivity index (χ0v) is 25.1. The number of H-pyrrole nitrogens is 2. The van der Waals surface area contributed by atoms with E-state index in [1.165, 1.54) is 30.7 Å². The summed E-state index contributed by atoms with van der Waals surface area (Å²) in [5.74, 6) is -0.916. The highest BCUT2D eigenvalue weighted by atomic mass is 32.2. The van der Waals surface area contributed by atoms with E-state index in [0.29, 0.717) is 45.5 Å². The largest absolute Gasteiger partial charge is 0.374 e. The Bertz CT molecular complexity index is 2130. The Morgan fingerprint density at radius 3 is 2.71 bits per heavy atom. The molecule has 5 aromatic heterocycles. The second-order valence-corrected chi connectivity index (χ2v) is 12.5. The Balaban J connectivity index is 1.38. The van der Waals surface area contributed by atoms with Gasteiger partial charge in [0.1, 0.15) is 29.1 Å². The van der Waals surface area contributed by atoms with Crippen LogP contribution in [0.15, 0.2) is 55.1 Å². The summed E-state index contributed by atoms with van der Waals surface area (Å²) in [5, 5.41) is 20.3. The van der Waals surface area contributed by atoms with Crippen LogP contribution in [-0.2, 0) is 16.6 Å². The molecule has 0 amide bonds. The van der Waals surface area contributed by atoms with Crippen LogP contribution in [0.4, 0.5) is 14.5 Å². The first kappa shape index (κ1) is 30.2. The maximum absolute atomic E-state index is 16.2. The molecule has 0 bridgehead atoms. The van der Waals surface area contributed by atoms with Crippen molar-refractivity contribution in [2.24, 2.45) is 0 Å². The van der Waals surface area contributed by atoms with Crippen LogP contribution in [0, 0.1) is 11.6 Å². The first-order chi connectivity index (χ1) is 21.6. The summed E-state index contributed by atoms with van der Waals surface area (Å²) in [6.07, 6.45) is 8.58. The van der Waals surface area contributed by atoms with Gasteiger partial charge in [-0.15, -0.1) is 0 Å². The maximum Gasteiger partial charge on any atom is 0.209 e. The molecule has 6 rings (SSSR count). The van der Waals surface area contributed by atoms with Gasteiger partial charge in [-0.2, -0.15) is 5.10 Å². The molecule has 0 aliphatic heterocycles. The summed E-state index contributed by atoms with van der Waals surface area (Å²) in [6.45, 7) is 1.93. The lowest BCUT2D eigenvalue weighted by atomic mass is 10.1. The van der Waals surface area contributed by atoms with Crippen LogP contribution < -0.4 is 10.0 Å². The smallest absolute Gasteiger partial charge is 0.209 e.